The van der Waals surface area contributed by atoms with Crippen LogP contribution in [-0.2, 0) is 6.42 Å². The van der Waals surface area contributed by atoms with Crippen LogP contribution < -0.4 is 9.47 Å². The quantitative estimate of drug-likeness (QED) is 0.526. The molecule has 1 aliphatic heterocycles. The number of rotatable bonds is 7. The second-order valence-electron chi connectivity index (χ2n) is 7.45. The first kappa shape index (κ1) is 19.0. The third-order valence-electron chi connectivity index (χ3n) is 5.45. The molecule has 0 radical (unpaired) electrons. The van der Waals surface area contributed by atoms with Gasteiger partial charge in [0.1, 0.15) is 17.6 Å². The van der Waals surface area contributed by atoms with Gasteiger partial charge >= 0.3 is 0 Å². The number of benzene rings is 2. The molecule has 1 aromatic heterocycles. The first-order valence-electron chi connectivity index (χ1n) is 9.83. The molecule has 0 saturated carbocycles. The summed E-state index contributed by atoms with van der Waals surface area (Å²) in [5.41, 5.74) is 2.53. The summed E-state index contributed by atoms with van der Waals surface area (Å²) in [5, 5.41) is 2.15. The second kappa shape index (κ2) is 8.80. The predicted octanol–water partition coefficient (Wildman–Crippen LogP) is 5.54. The fourth-order valence-electron chi connectivity index (χ4n) is 3.94. The van der Waals surface area contributed by atoms with Crippen LogP contribution >= 0.6 is 11.3 Å². The molecule has 0 saturated heterocycles. The van der Waals surface area contributed by atoms with Crippen molar-refractivity contribution in [2.24, 2.45) is 0 Å². The van der Waals surface area contributed by atoms with Crippen LogP contribution in [0.5, 0.6) is 11.5 Å². The third-order valence-corrected chi connectivity index (χ3v) is 6.39. The van der Waals surface area contributed by atoms with Crippen molar-refractivity contribution < 1.29 is 9.47 Å². The molecule has 0 aliphatic carbocycles. The maximum atomic E-state index is 6.39. The second-order valence-corrected chi connectivity index (χ2v) is 8.48. The summed E-state index contributed by atoms with van der Waals surface area (Å²) in [4.78, 5) is 3.90. The lowest BCUT2D eigenvalue weighted by Crippen LogP contribution is -2.30. The zero-order valence-corrected chi connectivity index (χ0v) is 17.3. The van der Waals surface area contributed by atoms with Crippen LogP contribution in [0.4, 0.5) is 0 Å². The highest BCUT2D eigenvalue weighted by molar-refractivity contribution is 7.09. The van der Waals surface area contributed by atoms with E-state index in [1.54, 1.807) is 7.11 Å². The molecule has 3 nitrogen and oxygen atoms in total. The average Bonchev–Trinajstić information content (AvgIpc) is 3.26. The molecular formula is C24H27NO2S. The Balaban J connectivity index is 1.52. The Bertz CT molecular complexity index is 879. The molecule has 2 heterocycles. The molecule has 1 aliphatic rings. The smallest absolute Gasteiger partial charge is 0.127 e. The van der Waals surface area contributed by atoms with E-state index >= 15 is 0 Å². The number of methoxy groups -OCH3 is 1. The zero-order chi connectivity index (χ0) is 19.3. The Morgan fingerprint density at radius 1 is 1.11 bits per heavy atom. The Morgan fingerprint density at radius 2 is 1.96 bits per heavy atom. The molecular weight excluding hydrogens is 366 g/mol. The van der Waals surface area contributed by atoms with Gasteiger partial charge in [0.2, 0.25) is 0 Å². The van der Waals surface area contributed by atoms with Crippen LogP contribution in [0.15, 0.2) is 66.0 Å². The van der Waals surface area contributed by atoms with E-state index in [1.165, 1.54) is 16.0 Å². The number of hydrogen-bond donors (Lipinski definition) is 0. The van der Waals surface area contributed by atoms with E-state index in [-0.39, 0.29) is 6.10 Å². The number of ether oxygens (including phenoxy) is 2. The van der Waals surface area contributed by atoms with Gasteiger partial charge in [0.25, 0.3) is 0 Å². The monoisotopic (exact) mass is 393 g/mol. The van der Waals surface area contributed by atoms with E-state index in [9.17, 15) is 0 Å². The number of thiophene rings is 1. The maximum Gasteiger partial charge on any atom is 0.127 e. The summed E-state index contributed by atoms with van der Waals surface area (Å²) in [6.45, 7) is 2.09. The van der Waals surface area contributed by atoms with Crippen molar-refractivity contribution in [2.45, 2.75) is 24.9 Å². The normalized spacial score (nSPS) is 18.5. The van der Waals surface area contributed by atoms with Gasteiger partial charge in [-0.05, 0) is 48.5 Å². The lowest BCUT2D eigenvalue weighted by atomic mass is 9.87. The standard InChI is InChI=1S/C24H27NO2S/c1-25(13-12-21-9-6-14-28-21)17-19-15-23(18-7-4-3-5-8-18)27-24-16-20(26-2)10-11-22(19)24/h3-11,14,16,19,23H,12-13,15,17H2,1-2H3. The summed E-state index contributed by atoms with van der Waals surface area (Å²) in [7, 11) is 3.93. The minimum absolute atomic E-state index is 0.0801. The summed E-state index contributed by atoms with van der Waals surface area (Å²) in [5.74, 6) is 2.24. The zero-order valence-electron chi connectivity index (χ0n) is 16.5. The Morgan fingerprint density at radius 3 is 2.71 bits per heavy atom. The molecule has 2 aromatic carbocycles. The molecule has 3 aromatic rings. The van der Waals surface area contributed by atoms with E-state index in [1.807, 2.05) is 23.5 Å². The Hall–Kier alpha value is -2.30. The van der Waals surface area contributed by atoms with E-state index in [0.29, 0.717) is 5.92 Å². The van der Waals surface area contributed by atoms with Gasteiger partial charge in [0.05, 0.1) is 7.11 Å². The van der Waals surface area contributed by atoms with E-state index in [2.05, 4.69) is 65.9 Å². The van der Waals surface area contributed by atoms with Crippen molar-refractivity contribution in [2.75, 3.05) is 27.2 Å². The first-order chi connectivity index (χ1) is 13.7. The topological polar surface area (TPSA) is 21.7 Å². The SMILES string of the molecule is COc1ccc2c(c1)OC(c1ccccc1)CC2CN(C)CCc1cccs1. The molecule has 0 bridgehead atoms. The fourth-order valence-corrected chi connectivity index (χ4v) is 4.63. The number of hydrogen-bond acceptors (Lipinski definition) is 4. The van der Waals surface area contributed by atoms with Gasteiger partial charge in [0, 0.05) is 30.0 Å². The molecule has 0 fully saturated rings. The highest BCUT2D eigenvalue weighted by Gasteiger charge is 2.30. The molecule has 2 unspecified atom stereocenters. The van der Waals surface area contributed by atoms with Gasteiger partial charge in [-0.15, -0.1) is 11.3 Å². The van der Waals surface area contributed by atoms with Crippen molar-refractivity contribution in [3.63, 3.8) is 0 Å². The molecule has 4 heteroatoms. The van der Waals surface area contributed by atoms with Gasteiger partial charge in [-0.25, -0.2) is 0 Å². The van der Waals surface area contributed by atoms with Gasteiger partial charge in [-0.3, -0.25) is 0 Å². The van der Waals surface area contributed by atoms with Crippen molar-refractivity contribution in [3.8, 4) is 11.5 Å². The predicted molar refractivity (Wildman–Crippen MR) is 116 cm³/mol. The lowest BCUT2D eigenvalue weighted by molar-refractivity contribution is 0.147. The van der Waals surface area contributed by atoms with Crippen molar-refractivity contribution >= 4 is 11.3 Å². The summed E-state index contributed by atoms with van der Waals surface area (Å²) in [6.07, 6.45) is 2.18. The highest BCUT2D eigenvalue weighted by Crippen LogP contribution is 2.43. The molecule has 0 N–H and O–H groups in total. The van der Waals surface area contributed by atoms with Crippen molar-refractivity contribution in [1.82, 2.24) is 4.90 Å². The molecule has 4 rings (SSSR count). The van der Waals surface area contributed by atoms with Gasteiger partial charge < -0.3 is 14.4 Å². The largest absolute Gasteiger partial charge is 0.497 e. The van der Waals surface area contributed by atoms with Crippen LogP contribution in [0.2, 0.25) is 0 Å². The summed E-state index contributed by atoms with van der Waals surface area (Å²) in [6, 6.07) is 21.1. The summed E-state index contributed by atoms with van der Waals surface area (Å²) >= 11 is 1.84. The van der Waals surface area contributed by atoms with Crippen LogP contribution in [0, 0.1) is 0 Å². The molecule has 146 valence electrons. The number of fused-ring (bicyclic) bond motifs is 1. The van der Waals surface area contributed by atoms with Crippen LogP contribution in [-0.4, -0.2) is 32.1 Å². The maximum absolute atomic E-state index is 6.39. The van der Waals surface area contributed by atoms with Crippen LogP contribution in [0.25, 0.3) is 0 Å². The fraction of sp³-hybridized carbons (Fsp3) is 0.333. The number of nitrogens with zero attached hydrogens (tertiary/aromatic N) is 1. The van der Waals surface area contributed by atoms with Crippen molar-refractivity contribution in [3.05, 3.63) is 82.0 Å². The van der Waals surface area contributed by atoms with Crippen LogP contribution in [0.3, 0.4) is 0 Å². The first-order valence-corrected chi connectivity index (χ1v) is 10.7. The lowest BCUT2D eigenvalue weighted by Gasteiger charge is -2.34. The summed E-state index contributed by atoms with van der Waals surface area (Å²) < 4.78 is 11.8. The average molecular weight is 394 g/mol. The minimum Gasteiger partial charge on any atom is -0.497 e. The van der Waals surface area contributed by atoms with E-state index in [0.717, 1.165) is 37.4 Å². The third kappa shape index (κ3) is 4.40. The van der Waals surface area contributed by atoms with Crippen LogP contribution in [0.1, 0.15) is 34.4 Å². The molecule has 0 spiro atoms. The van der Waals surface area contributed by atoms with Gasteiger partial charge in [-0.1, -0.05) is 42.5 Å². The molecule has 28 heavy (non-hydrogen) atoms. The van der Waals surface area contributed by atoms with E-state index < -0.39 is 0 Å². The van der Waals surface area contributed by atoms with Gasteiger partial charge in [-0.2, -0.15) is 0 Å². The van der Waals surface area contributed by atoms with Crippen molar-refractivity contribution in [1.29, 1.82) is 0 Å². The Labute approximate surface area is 171 Å². The molecule has 2 atom stereocenters. The van der Waals surface area contributed by atoms with E-state index in [4.69, 9.17) is 9.47 Å². The molecule has 0 amide bonds. The highest BCUT2D eigenvalue weighted by atomic mass is 32.1. The minimum atomic E-state index is 0.0801. The Kier molecular flexibility index (Phi) is 5.98. The van der Waals surface area contributed by atoms with Gasteiger partial charge in [0.15, 0.2) is 0 Å². The number of likely N-dealkylation sites (N-methyl/N-ethyl adjacent to an activating group) is 1.